The van der Waals surface area contributed by atoms with Crippen molar-refractivity contribution in [3.63, 3.8) is 0 Å². The van der Waals surface area contributed by atoms with Crippen LogP contribution >= 0.6 is 0 Å². The van der Waals surface area contributed by atoms with Crippen LogP contribution in [0.4, 0.5) is 5.69 Å². The lowest BCUT2D eigenvalue weighted by molar-refractivity contribution is -0.385. The van der Waals surface area contributed by atoms with Crippen LogP contribution in [0.15, 0.2) is 24.5 Å². The molecule has 0 radical (unpaired) electrons. The first-order chi connectivity index (χ1) is 10.1. The van der Waals surface area contributed by atoms with Gasteiger partial charge in [0.05, 0.1) is 17.6 Å². The average Bonchev–Trinajstić information content (AvgIpc) is 2.50. The number of fused-ring (bicyclic) bond motifs is 2. The van der Waals surface area contributed by atoms with Crippen LogP contribution in [0.3, 0.4) is 0 Å². The highest BCUT2D eigenvalue weighted by Crippen LogP contribution is 2.34. The molecule has 0 aromatic carbocycles. The fourth-order valence-corrected chi connectivity index (χ4v) is 2.24. The molecule has 8 nitrogen and oxygen atoms in total. The Morgan fingerprint density at radius 3 is 2.24 bits per heavy atom. The minimum Gasteiger partial charge on any atom is -0.496 e. The van der Waals surface area contributed by atoms with Gasteiger partial charge in [0.25, 0.3) is 5.69 Å². The second-order valence-electron chi connectivity index (χ2n) is 4.21. The van der Waals surface area contributed by atoms with Crippen molar-refractivity contribution in [2.24, 2.45) is 0 Å². The number of rotatable bonds is 2. The Morgan fingerprint density at radius 2 is 1.62 bits per heavy atom. The Kier molecular flexibility index (Phi) is 2.72. The molecule has 104 valence electrons. The second kappa shape index (κ2) is 4.44. The highest BCUT2D eigenvalue weighted by atomic mass is 16.6. The summed E-state index contributed by atoms with van der Waals surface area (Å²) in [5.41, 5.74) is -1.24. The number of carbonyl (C=O) groups excluding carboxylic acids is 2. The van der Waals surface area contributed by atoms with Crippen molar-refractivity contribution in [3.05, 3.63) is 57.2 Å². The number of pyridine rings is 2. The third kappa shape index (κ3) is 1.69. The number of aromatic nitrogens is 2. The molecule has 0 atom stereocenters. The third-order valence-electron chi connectivity index (χ3n) is 3.14. The van der Waals surface area contributed by atoms with Crippen molar-refractivity contribution in [2.75, 3.05) is 7.11 Å². The van der Waals surface area contributed by atoms with Crippen molar-refractivity contribution in [3.8, 4) is 5.75 Å². The molecule has 2 aromatic rings. The van der Waals surface area contributed by atoms with E-state index in [4.69, 9.17) is 4.74 Å². The van der Waals surface area contributed by atoms with Gasteiger partial charge in [-0.05, 0) is 6.07 Å². The van der Waals surface area contributed by atoms with Gasteiger partial charge in [-0.3, -0.25) is 29.7 Å². The standard InChI is InChI=1S/C13H7N3O5/c1-21-7-3-5-15-11-9(7)13(18)10-8(12(11)17)6(16(19)20)2-4-14-10/h2-5H,1H3. The topological polar surface area (TPSA) is 112 Å². The first kappa shape index (κ1) is 12.9. The minimum atomic E-state index is -0.725. The Bertz CT molecular complexity index is 815. The van der Waals surface area contributed by atoms with Gasteiger partial charge in [-0.15, -0.1) is 0 Å². The van der Waals surface area contributed by atoms with Crippen molar-refractivity contribution in [2.45, 2.75) is 0 Å². The van der Waals surface area contributed by atoms with Crippen LogP contribution in [0.1, 0.15) is 32.1 Å². The van der Waals surface area contributed by atoms with E-state index in [0.717, 1.165) is 12.3 Å². The molecule has 3 rings (SSSR count). The van der Waals surface area contributed by atoms with Crippen molar-refractivity contribution in [1.29, 1.82) is 0 Å². The van der Waals surface area contributed by atoms with Crippen LogP contribution in [0.2, 0.25) is 0 Å². The largest absolute Gasteiger partial charge is 0.496 e. The van der Waals surface area contributed by atoms with Crippen molar-refractivity contribution >= 4 is 17.3 Å². The van der Waals surface area contributed by atoms with E-state index in [1.807, 2.05) is 0 Å². The molecule has 0 amide bonds. The van der Waals surface area contributed by atoms with E-state index in [0.29, 0.717) is 0 Å². The number of hydrogen-bond donors (Lipinski definition) is 0. The highest BCUT2D eigenvalue weighted by molar-refractivity contribution is 6.29. The van der Waals surface area contributed by atoms with Crippen LogP contribution in [0.25, 0.3) is 0 Å². The molecular weight excluding hydrogens is 278 g/mol. The fraction of sp³-hybridized carbons (Fsp3) is 0.0769. The Hall–Kier alpha value is -3.16. The zero-order chi connectivity index (χ0) is 15.1. The lowest BCUT2D eigenvalue weighted by atomic mass is 9.89. The van der Waals surface area contributed by atoms with Gasteiger partial charge in [-0.2, -0.15) is 0 Å². The van der Waals surface area contributed by atoms with Crippen molar-refractivity contribution < 1.29 is 19.2 Å². The molecule has 8 heteroatoms. The lowest BCUT2D eigenvalue weighted by Gasteiger charge is -2.17. The maximum Gasteiger partial charge on any atom is 0.284 e. The Labute approximate surface area is 117 Å². The van der Waals surface area contributed by atoms with E-state index in [1.165, 1.54) is 19.4 Å². The van der Waals surface area contributed by atoms with Crippen LogP contribution in [0.5, 0.6) is 5.75 Å². The van der Waals surface area contributed by atoms with Gasteiger partial charge in [0.15, 0.2) is 0 Å². The summed E-state index contributed by atoms with van der Waals surface area (Å²) in [5, 5.41) is 11.0. The number of hydrogen-bond acceptors (Lipinski definition) is 7. The molecule has 2 heterocycles. The van der Waals surface area contributed by atoms with Gasteiger partial charge in [0.1, 0.15) is 22.7 Å². The predicted molar refractivity (Wildman–Crippen MR) is 68.5 cm³/mol. The molecular formula is C13H7N3O5. The molecule has 0 saturated heterocycles. The summed E-state index contributed by atoms with van der Waals surface area (Å²) in [6.07, 6.45) is 2.42. The Balaban J connectivity index is 2.36. The summed E-state index contributed by atoms with van der Waals surface area (Å²) >= 11 is 0. The van der Waals surface area contributed by atoms with Crippen molar-refractivity contribution in [1.82, 2.24) is 9.97 Å². The zero-order valence-electron chi connectivity index (χ0n) is 10.7. The van der Waals surface area contributed by atoms with E-state index in [9.17, 15) is 19.7 Å². The molecule has 0 N–H and O–H groups in total. The van der Waals surface area contributed by atoms with Gasteiger partial charge < -0.3 is 4.74 Å². The van der Waals surface area contributed by atoms with Crippen LogP contribution in [-0.4, -0.2) is 33.6 Å². The summed E-state index contributed by atoms with van der Waals surface area (Å²) < 4.78 is 5.05. The van der Waals surface area contributed by atoms with Crippen LogP contribution in [-0.2, 0) is 0 Å². The third-order valence-corrected chi connectivity index (χ3v) is 3.14. The maximum atomic E-state index is 12.5. The van der Waals surface area contributed by atoms with E-state index in [2.05, 4.69) is 9.97 Å². The maximum absolute atomic E-state index is 12.5. The van der Waals surface area contributed by atoms with Crippen LogP contribution in [0, 0.1) is 10.1 Å². The number of nitrogens with zero attached hydrogens (tertiary/aromatic N) is 3. The fourth-order valence-electron chi connectivity index (χ4n) is 2.24. The quantitative estimate of drug-likeness (QED) is 0.513. The van der Waals surface area contributed by atoms with Gasteiger partial charge in [-0.25, -0.2) is 0 Å². The zero-order valence-corrected chi connectivity index (χ0v) is 10.7. The Morgan fingerprint density at radius 1 is 1.05 bits per heavy atom. The summed E-state index contributed by atoms with van der Waals surface area (Å²) in [6.45, 7) is 0. The normalized spacial score (nSPS) is 12.6. The molecule has 0 aliphatic heterocycles. The summed E-state index contributed by atoms with van der Waals surface area (Å²) in [7, 11) is 1.35. The van der Waals surface area contributed by atoms with Gasteiger partial charge >= 0.3 is 0 Å². The predicted octanol–water partition coefficient (Wildman–Crippen LogP) is 1.17. The first-order valence-electron chi connectivity index (χ1n) is 5.82. The van der Waals surface area contributed by atoms with Gasteiger partial charge in [0, 0.05) is 18.5 Å². The first-order valence-corrected chi connectivity index (χ1v) is 5.82. The monoisotopic (exact) mass is 285 g/mol. The molecule has 21 heavy (non-hydrogen) atoms. The summed E-state index contributed by atoms with van der Waals surface area (Å²) in [5.74, 6) is -1.15. The smallest absolute Gasteiger partial charge is 0.284 e. The SMILES string of the molecule is COc1ccnc2c1C(=O)c1nccc([N+](=O)[O-])c1C2=O. The van der Waals surface area contributed by atoms with E-state index >= 15 is 0 Å². The molecule has 0 bridgehead atoms. The van der Waals surface area contributed by atoms with E-state index in [-0.39, 0.29) is 28.3 Å². The molecule has 1 aliphatic rings. The highest BCUT2D eigenvalue weighted by Gasteiger charge is 2.39. The minimum absolute atomic E-state index is 0.0227. The molecule has 0 unspecified atom stereocenters. The number of ketones is 2. The van der Waals surface area contributed by atoms with Crippen LogP contribution < -0.4 is 4.74 Å². The number of carbonyl (C=O) groups is 2. The number of nitro groups is 1. The number of methoxy groups -OCH3 is 1. The molecule has 1 aliphatic carbocycles. The van der Waals surface area contributed by atoms with Gasteiger partial charge in [0.2, 0.25) is 11.6 Å². The summed E-state index contributed by atoms with van der Waals surface area (Å²) in [6, 6.07) is 2.52. The number of ether oxygens (including phenoxy) is 1. The molecule has 0 fully saturated rings. The molecule has 2 aromatic heterocycles. The summed E-state index contributed by atoms with van der Waals surface area (Å²) in [4.78, 5) is 42.9. The molecule has 0 saturated carbocycles. The average molecular weight is 285 g/mol. The second-order valence-corrected chi connectivity index (χ2v) is 4.21. The van der Waals surface area contributed by atoms with E-state index < -0.39 is 22.2 Å². The molecule has 0 spiro atoms. The van der Waals surface area contributed by atoms with Gasteiger partial charge in [-0.1, -0.05) is 0 Å². The van der Waals surface area contributed by atoms with E-state index in [1.54, 1.807) is 0 Å². The lowest BCUT2D eigenvalue weighted by Crippen LogP contribution is -2.25.